The first kappa shape index (κ1) is 11.5. The Kier molecular flexibility index (Phi) is 5.83. The van der Waals surface area contributed by atoms with Gasteiger partial charge in [0.1, 0.15) is 0 Å². The number of nitroso groups, excluding NO2 is 1. The van der Waals surface area contributed by atoms with E-state index in [0.717, 1.165) is 0 Å². The van der Waals surface area contributed by atoms with E-state index in [0.29, 0.717) is 11.9 Å². The number of carbonyl (C=O) groups is 1. The largest absolute Gasteiger partial charge is 0.346 e. The Balaban J connectivity index is 3.96. The highest BCUT2D eigenvalue weighted by Crippen LogP contribution is 1.91. The van der Waals surface area contributed by atoms with E-state index < -0.39 is 6.17 Å². The van der Waals surface area contributed by atoms with Gasteiger partial charge in [-0.15, -0.1) is 4.91 Å². The van der Waals surface area contributed by atoms with E-state index in [4.69, 9.17) is 0 Å². The number of hydrogen-bond donors (Lipinski definition) is 1. The quantitative estimate of drug-likeness (QED) is 0.547. The van der Waals surface area contributed by atoms with Crippen LogP contribution in [0.15, 0.2) is 5.18 Å². The van der Waals surface area contributed by atoms with Gasteiger partial charge in [0.25, 0.3) is 5.91 Å². The molecule has 0 aromatic heterocycles. The zero-order chi connectivity index (χ0) is 9.56. The van der Waals surface area contributed by atoms with Gasteiger partial charge < -0.3 is 4.90 Å². The SMILES string of the molecule is CN(C)C(=O)C(N=O)NCCBr. The number of hydrogen-bond acceptors (Lipinski definition) is 4. The predicted octanol–water partition coefficient (Wildman–Crippen LogP) is 0.152. The number of nitrogens with one attached hydrogen (secondary N) is 1. The van der Waals surface area contributed by atoms with Crippen molar-refractivity contribution in [3.63, 3.8) is 0 Å². The van der Waals surface area contributed by atoms with Crippen LogP contribution in [0.4, 0.5) is 0 Å². The molecule has 0 aliphatic heterocycles. The fraction of sp³-hybridized carbons (Fsp3) is 0.833. The maximum absolute atomic E-state index is 11.1. The van der Waals surface area contributed by atoms with Crippen molar-refractivity contribution in [2.75, 3.05) is 26.0 Å². The van der Waals surface area contributed by atoms with E-state index in [1.165, 1.54) is 4.90 Å². The lowest BCUT2D eigenvalue weighted by Crippen LogP contribution is -2.42. The van der Waals surface area contributed by atoms with Gasteiger partial charge in [0.05, 0.1) is 0 Å². The minimum Gasteiger partial charge on any atom is -0.346 e. The van der Waals surface area contributed by atoms with Crippen molar-refractivity contribution in [3.05, 3.63) is 4.91 Å². The van der Waals surface area contributed by atoms with Crippen LogP contribution in [0.25, 0.3) is 0 Å². The molecule has 0 saturated heterocycles. The van der Waals surface area contributed by atoms with Crippen molar-refractivity contribution in [1.82, 2.24) is 10.2 Å². The van der Waals surface area contributed by atoms with Crippen LogP contribution >= 0.6 is 15.9 Å². The third kappa shape index (κ3) is 3.77. The maximum Gasteiger partial charge on any atom is 0.265 e. The van der Waals surface area contributed by atoms with Crippen LogP contribution < -0.4 is 5.32 Å². The summed E-state index contributed by atoms with van der Waals surface area (Å²) in [6, 6.07) is 0. The van der Waals surface area contributed by atoms with Crippen LogP contribution in [0, 0.1) is 4.91 Å². The van der Waals surface area contributed by atoms with E-state index in [9.17, 15) is 9.70 Å². The fourth-order valence-corrected chi connectivity index (χ4v) is 0.834. The number of amides is 1. The lowest BCUT2D eigenvalue weighted by molar-refractivity contribution is -0.130. The molecule has 70 valence electrons. The Morgan fingerprint density at radius 1 is 1.67 bits per heavy atom. The summed E-state index contributed by atoms with van der Waals surface area (Å²) in [5.41, 5.74) is 0. The molecule has 0 fully saturated rings. The highest BCUT2D eigenvalue weighted by atomic mass is 79.9. The minimum absolute atomic E-state index is 0.328. The monoisotopic (exact) mass is 237 g/mol. The Morgan fingerprint density at radius 2 is 2.25 bits per heavy atom. The molecule has 0 aliphatic rings. The third-order valence-electron chi connectivity index (χ3n) is 1.21. The molecule has 1 unspecified atom stereocenters. The highest BCUT2D eigenvalue weighted by molar-refractivity contribution is 9.09. The van der Waals surface area contributed by atoms with Crippen molar-refractivity contribution >= 4 is 21.8 Å². The molecule has 0 spiro atoms. The number of carbonyl (C=O) groups excluding carboxylic acids is 1. The van der Waals surface area contributed by atoms with Crippen LogP contribution in [0.2, 0.25) is 0 Å². The molecule has 1 amide bonds. The summed E-state index contributed by atoms with van der Waals surface area (Å²) in [5.74, 6) is -0.328. The van der Waals surface area contributed by atoms with E-state index in [1.54, 1.807) is 14.1 Å². The molecule has 1 atom stereocenters. The molecule has 0 radical (unpaired) electrons. The summed E-state index contributed by atoms with van der Waals surface area (Å²) in [5, 5.41) is 6.04. The topological polar surface area (TPSA) is 61.8 Å². The van der Waals surface area contributed by atoms with Gasteiger partial charge in [-0.25, -0.2) is 0 Å². The molecule has 0 aliphatic carbocycles. The number of likely N-dealkylation sites (N-methyl/N-ethyl adjacent to an activating group) is 1. The van der Waals surface area contributed by atoms with E-state index in [-0.39, 0.29) is 5.91 Å². The second kappa shape index (κ2) is 6.07. The standard InChI is InChI=1S/C6H12BrN3O2/c1-10(2)6(11)5(9-12)8-4-3-7/h5,8H,3-4H2,1-2H3. The van der Waals surface area contributed by atoms with Gasteiger partial charge in [-0.3, -0.25) is 10.1 Å². The van der Waals surface area contributed by atoms with Crippen molar-refractivity contribution < 1.29 is 4.79 Å². The van der Waals surface area contributed by atoms with E-state index in [1.807, 2.05) is 0 Å². The van der Waals surface area contributed by atoms with E-state index in [2.05, 4.69) is 26.4 Å². The van der Waals surface area contributed by atoms with Crippen molar-refractivity contribution in [2.24, 2.45) is 5.18 Å². The normalized spacial score (nSPS) is 12.2. The first-order chi connectivity index (χ1) is 5.63. The van der Waals surface area contributed by atoms with Crippen molar-refractivity contribution in [1.29, 1.82) is 0 Å². The van der Waals surface area contributed by atoms with Gasteiger partial charge >= 0.3 is 0 Å². The molecule has 0 saturated carbocycles. The maximum atomic E-state index is 11.1. The Labute approximate surface area is 79.6 Å². The molecule has 0 aromatic rings. The average Bonchev–Trinajstić information content (AvgIpc) is 2.05. The Hall–Kier alpha value is -0.490. The lowest BCUT2D eigenvalue weighted by atomic mass is 10.4. The second-order valence-corrected chi connectivity index (χ2v) is 3.18. The molecule has 0 bridgehead atoms. The predicted molar refractivity (Wildman–Crippen MR) is 50.1 cm³/mol. The summed E-state index contributed by atoms with van der Waals surface area (Å²) >= 11 is 3.16. The lowest BCUT2D eigenvalue weighted by Gasteiger charge is -2.14. The second-order valence-electron chi connectivity index (χ2n) is 2.38. The summed E-state index contributed by atoms with van der Waals surface area (Å²) in [6.45, 7) is 0.538. The summed E-state index contributed by atoms with van der Waals surface area (Å²) in [7, 11) is 3.16. The first-order valence-electron chi connectivity index (χ1n) is 3.46. The van der Waals surface area contributed by atoms with Gasteiger partial charge in [0, 0.05) is 26.0 Å². The van der Waals surface area contributed by atoms with E-state index >= 15 is 0 Å². The zero-order valence-electron chi connectivity index (χ0n) is 7.08. The summed E-state index contributed by atoms with van der Waals surface area (Å²) < 4.78 is 0. The van der Waals surface area contributed by atoms with Gasteiger partial charge in [-0.05, 0) is 5.18 Å². The van der Waals surface area contributed by atoms with Gasteiger partial charge in [-0.1, -0.05) is 15.9 Å². The molecule has 0 aromatic carbocycles. The van der Waals surface area contributed by atoms with Crippen molar-refractivity contribution in [2.45, 2.75) is 6.17 Å². The summed E-state index contributed by atoms with van der Waals surface area (Å²) in [6.07, 6.45) is -0.961. The summed E-state index contributed by atoms with van der Waals surface area (Å²) in [4.78, 5) is 22.6. The zero-order valence-corrected chi connectivity index (χ0v) is 8.67. The van der Waals surface area contributed by atoms with Gasteiger partial charge in [-0.2, -0.15) is 0 Å². The number of alkyl halides is 1. The highest BCUT2D eigenvalue weighted by Gasteiger charge is 2.19. The van der Waals surface area contributed by atoms with Crippen LogP contribution in [0.5, 0.6) is 0 Å². The molecule has 0 rings (SSSR count). The molecular weight excluding hydrogens is 226 g/mol. The molecule has 0 heterocycles. The Morgan fingerprint density at radius 3 is 2.58 bits per heavy atom. The molecule has 1 N–H and O–H groups in total. The molecule has 5 nitrogen and oxygen atoms in total. The van der Waals surface area contributed by atoms with Crippen LogP contribution in [0.1, 0.15) is 0 Å². The van der Waals surface area contributed by atoms with Crippen LogP contribution in [-0.4, -0.2) is 42.9 Å². The third-order valence-corrected chi connectivity index (χ3v) is 1.61. The molecule has 12 heavy (non-hydrogen) atoms. The smallest absolute Gasteiger partial charge is 0.265 e. The van der Waals surface area contributed by atoms with Gasteiger partial charge in [0.2, 0.25) is 6.17 Å². The first-order valence-corrected chi connectivity index (χ1v) is 4.58. The fourth-order valence-electron chi connectivity index (χ4n) is 0.606. The number of nitrogens with zero attached hydrogens (tertiary/aromatic N) is 2. The molecule has 6 heteroatoms. The van der Waals surface area contributed by atoms with Gasteiger partial charge in [0.15, 0.2) is 0 Å². The average molecular weight is 238 g/mol. The minimum atomic E-state index is -0.961. The molecular formula is C6H12BrN3O2. The number of rotatable bonds is 5. The van der Waals surface area contributed by atoms with Crippen molar-refractivity contribution in [3.8, 4) is 0 Å². The number of halogens is 1. The Bertz CT molecular complexity index is 163. The van der Waals surface area contributed by atoms with Crippen LogP contribution in [0.3, 0.4) is 0 Å². The van der Waals surface area contributed by atoms with Crippen LogP contribution in [-0.2, 0) is 4.79 Å².